The van der Waals surface area contributed by atoms with Crippen molar-refractivity contribution in [2.75, 3.05) is 12.3 Å². The van der Waals surface area contributed by atoms with Crippen molar-refractivity contribution in [3.05, 3.63) is 105 Å². The van der Waals surface area contributed by atoms with Crippen LogP contribution in [-0.4, -0.2) is 35.1 Å². The Hall–Kier alpha value is -2.47. The van der Waals surface area contributed by atoms with Crippen LogP contribution in [0, 0.1) is 6.92 Å². The lowest BCUT2D eigenvalue weighted by atomic mass is 10.0. The van der Waals surface area contributed by atoms with E-state index in [0.717, 1.165) is 23.3 Å². The van der Waals surface area contributed by atoms with Crippen LogP contribution in [-0.2, 0) is 28.3 Å². The van der Waals surface area contributed by atoms with Crippen LogP contribution in [0.15, 0.2) is 72.8 Å². The maximum Gasteiger partial charge on any atom is 0.243 e. The monoisotopic (exact) mass is 542 g/mol. The molecule has 3 rings (SSSR count). The first-order chi connectivity index (χ1) is 17.4. The van der Waals surface area contributed by atoms with Crippen LogP contribution in [0.4, 0.5) is 0 Å². The average molecular weight is 544 g/mol. The fraction of sp³-hybridized carbons (Fsp3) is 0.310. The van der Waals surface area contributed by atoms with Gasteiger partial charge in [-0.1, -0.05) is 96.4 Å². The van der Waals surface area contributed by atoms with Gasteiger partial charge in [-0.15, -0.1) is 11.8 Å². The highest BCUT2D eigenvalue weighted by Gasteiger charge is 2.30. The van der Waals surface area contributed by atoms with Gasteiger partial charge in [-0.25, -0.2) is 0 Å². The predicted molar refractivity (Wildman–Crippen MR) is 152 cm³/mol. The van der Waals surface area contributed by atoms with Gasteiger partial charge in [-0.05, 0) is 42.2 Å². The molecule has 0 aliphatic heterocycles. The zero-order valence-electron chi connectivity index (χ0n) is 20.7. The largest absolute Gasteiger partial charge is 0.354 e. The van der Waals surface area contributed by atoms with Gasteiger partial charge in [0, 0.05) is 25.3 Å². The van der Waals surface area contributed by atoms with Crippen LogP contribution in [0.3, 0.4) is 0 Å². The highest BCUT2D eigenvalue weighted by atomic mass is 35.5. The van der Waals surface area contributed by atoms with Gasteiger partial charge in [-0.3, -0.25) is 9.59 Å². The predicted octanol–water partition coefficient (Wildman–Crippen LogP) is 6.70. The molecule has 0 saturated carbocycles. The molecular formula is C29H32Cl2N2O2S. The first-order valence-electron chi connectivity index (χ1n) is 12.1. The first kappa shape index (κ1) is 28.1. The van der Waals surface area contributed by atoms with E-state index >= 15 is 0 Å². The van der Waals surface area contributed by atoms with E-state index in [0.29, 0.717) is 23.0 Å². The zero-order valence-corrected chi connectivity index (χ0v) is 23.0. The Morgan fingerprint density at radius 3 is 2.36 bits per heavy atom. The standard InChI is InChI=1S/C29H32Cl2N2O2S/c1-3-14-32-29(35)27(17-22-9-5-4-6-10-22)33(18-23-12-13-25(30)26(31)16-23)28(34)20-36-19-24-11-7-8-21(2)15-24/h4-13,15-16,27H,3,14,17-20H2,1-2H3,(H,32,35)/t27-/m1/s1. The Balaban J connectivity index is 1.85. The van der Waals surface area contributed by atoms with Gasteiger partial charge in [0.05, 0.1) is 15.8 Å². The molecule has 0 fully saturated rings. The average Bonchev–Trinajstić information content (AvgIpc) is 2.87. The van der Waals surface area contributed by atoms with Crippen molar-refractivity contribution in [1.82, 2.24) is 10.2 Å². The molecule has 7 heteroatoms. The number of hydrogen-bond donors (Lipinski definition) is 1. The highest BCUT2D eigenvalue weighted by Crippen LogP contribution is 2.25. The number of carbonyl (C=O) groups is 2. The van der Waals surface area contributed by atoms with Gasteiger partial charge in [0.25, 0.3) is 0 Å². The molecule has 4 nitrogen and oxygen atoms in total. The van der Waals surface area contributed by atoms with Crippen molar-refractivity contribution in [2.45, 2.75) is 45.0 Å². The molecule has 190 valence electrons. The summed E-state index contributed by atoms with van der Waals surface area (Å²) >= 11 is 13.9. The Bertz CT molecular complexity index is 1160. The summed E-state index contributed by atoms with van der Waals surface area (Å²) < 4.78 is 0. The molecule has 0 radical (unpaired) electrons. The number of thioether (sulfide) groups is 1. The Morgan fingerprint density at radius 2 is 1.67 bits per heavy atom. The summed E-state index contributed by atoms with van der Waals surface area (Å²) in [6.07, 6.45) is 1.24. The van der Waals surface area contributed by atoms with Crippen molar-refractivity contribution in [1.29, 1.82) is 0 Å². The van der Waals surface area contributed by atoms with Crippen LogP contribution in [0.25, 0.3) is 0 Å². The molecule has 2 amide bonds. The van der Waals surface area contributed by atoms with Crippen molar-refractivity contribution < 1.29 is 9.59 Å². The molecule has 1 N–H and O–H groups in total. The van der Waals surface area contributed by atoms with Crippen molar-refractivity contribution >= 4 is 46.8 Å². The zero-order chi connectivity index (χ0) is 25.9. The number of halogens is 2. The summed E-state index contributed by atoms with van der Waals surface area (Å²) in [5.74, 6) is 0.741. The second-order valence-corrected chi connectivity index (χ2v) is 10.5. The van der Waals surface area contributed by atoms with E-state index in [9.17, 15) is 9.59 Å². The van der Waals surface area contributed by atoms with E-state index in [1.807, 2.05) is 49.4 Å². The summed E-state index contributed by atoms with van der Waals surface area (Å²) in [4.78, 5) is 28.7. The third-order valence-corrected chi connectivity index (χ3v) is 7.46. The number of nitrogens with one attached hydrogen (secondary N) is 1. The van der Waals surface area contributed by atoms with E-state index in [1.54, 1.807) is 28.8 Å². The second-order valence-electron chi connectivity index (χ2n) is 8.75. The summed E-state index contributed by atoms with van der Waals surface area (Å²) in [7, 11) is 0. The van der Waals surface area contributed by atoms with Crippen molar-refractivity contribution in [3.8, 4) is 0 Å². The molecule has 3 aromatic rings. The van der Waals surface area contributed by atoms with Gasteiger partial charge in [0.2, 0.25) is 11.8 Å². The molecule has 36 heavy (non-hydrogen) atoms. The fourth-order valence-electron chi connectivity index (χ4n) is 3.90. The van der Waals surface area contributed by atoms with E-state index in [1.165, 1.54) is 11.1 Å². The maximum atomic E-state index is 13.6. The summed E-state index contributed by atoms with van der Waals surface area (Å²) in [5, 5.41) is 3.87. The minimum absolute atomic E-state index is 0.0914. The summed E-state index contributed by atoms with van der Waals surface area (Å²) in [5.41, 5.74) is 4.18. The van der Waals surface area contributed by atoms with Crippen LogP contribution < -0.4 is 5.32 Å². The number of nitrogens with zero attached hydrogens (tertiary/aromatic N) is 1. The number of carbonyl (C=O) groups excluding carboxylic acids is 2. The minimum atomic E-state index is -0.652. The maximum absolute atomic E-state index is 13.6. The van der Waals surface area contributed by atoms with Crippen LogP contribution in [0.5, 0.6) is 0 Å². The van der Waals surface area contributed by atoms with E-state index in [-0.39, 0.29) is 24.1 Å². The Kier molecular flexibility index (Phi) is 11.2. The Morgan fingerprint density at radius 1 is 0.917 bits per heavy atom. The van der Waals surface area contributed by atoms with Gasteiger partial charge in [-0.2, -0.15) is 0 Å². The number of aryl methyl sites for hydroxylation is 1. The number of rotatable bonds is 12. The molecule has 0 aliphatic rings. The van der Waals surface area contributed by atoms with Crippen LogP contribution in [0.2, 0.25) is 10.0 Å². The number of hydrogen-bond acceptors (Lipinski definition) is 3. The quantitative estimate of drug-likeness (QED) is 0.277. The molecule has 3 aromatic carbocycles. The lowest BCUT2D eigenvalue weighted by molar-refractivity contribution is -0.139. The van der Waals surface area contributed by atoms with E-state index < -0.39 is 6.04 Å². The van der Waals surface area contributed by atoms with Gasteiger partial charge in [0.1, 0.15) is 6.04 Å². The SMILES string of the molecule is CCCNC(=O)[C@@H](Cc1ccccc1)N(Cc1ccc(Cl)c(Cl)c1)C(=O)CSCc1cccc(C)c1. The molecule has 1 atom stereocenters. The lowest BCUT2D eigenvalue weighted by Gasteiger charge is -2.31. The second kappa shape index (κ2) is 14.3. The normalized spacial score (nSPS) is 11.7. The third-order valence-electron chi connectivity index (χ3n) is 5.73. The summed E-state index contributed by atoms with van der Waals surface area (Å²) in [6.45, 7) is 4.88. The van der Waals surface area contributed by atoms with E-state index in [2.05, 4.69) is 30.4 Å². The van der Waals surface area contributed by atoms with Crippen LogP contribution in [0.1, 0.15) is 35.6 Å². The topological polar surface area (TPSA) is 49.4 Å². The molecule has 0 aliphatic carbocycles. The number of benzene rings is 3. The van der Waals surface area contributed by atoms with Crippen molar-refractivity contribution in [2.24, 2.45) is 0 Å². The summed E-state index contributed by atoms with van der Waals surface area (Å²) in [6, 6.07) is 22.7. The highest BCUT2D eigenvalue weighted by molar-refractivity contribution is 7.99. The third kappa shape index (κ3) is 8.58. The molecule has 0 aromatic heterocycles. The molecule has 0 saturated heterocycles. The van der Waals surface area contributed by atoms with Crippen molar-refractivity contribution in [3.63, 3.8) is 0 Å². The minimum Gasteiger partial charge on any atom is -0.354 e. The Labute approximate surface area is 228 Å². The smallest absolute Gasteiger partial charge is 0.243 e. The fourth-order valence-corrected chi connectivity index (χ4v) is 5.07. The molecule has 0 heterocycles. The molecule has 0 unspecified atom stereocenters. The van der Waals surface area contributed by atoms with Gasteiger partial charge in [0.15, 0.2) is 0 Å². The van der Waals surface area contributed by atoms with Gasteiger partial charge >= 0.3 is 0 Å². The van der Waals surface area contributed by atoms with Gasteiger partial charge < -0.3 is 10.2 Å². The number of amides is 2. The molecule has 0 spiro atoms. The molecule has 0 bridgehead atoms. The lowest BCUT2D eigenvalue weighted by Crippen LogP contribution is -2.51. The molecular weight excluding hydrogens is 511 g/mol. The van der Waals surface area contributed by atoms with E-state index in [4.69, 9.17) is 23.2 Å². The first-order valence-corrected chi connectivity index (χ1v) is 14.0. The van der Waals surface area contributed by atoms with Crippen LogP contribution >= 0.6 is 35.0 Å².